The van der Waals surface area contributed by atoms with Crippen LogP contribution < -0.4 is 5.56 Å². The van der Waals surface area contributed by atoms with Crippen LogP contribution in [0, 0.1) is 6.92 Å². The van der Waals surface area contributed by atoms with Crippen molar-refractivity contribution in [2.24, 2.45) is 0 Å². The minimum atomic E-state index is -0.984. The number of carboxylic acid groups (broad SMARTS) is 1. The fraction of sp³-hybridized carbons (Fsp3) is 0.400. The van der Waals surface area contributed by atoms with Gasteiger partial charge in [-0.2, -0.15) is 0 Å². The van der Waals surface area contributed by atoms with E-state index in [4.69, 9.17) is 5.11 Å². The van der Waals surface area contributed by atoms with Crippen molar-refractivity contribution in [3.05, 3.63) is 33.7 Å². The van der Waals surface area contributed by atoms with E-state index < -0.39 is 5.97 Å². The number of pyridine rings is 1. The molecular formula is C10H11NO3. The van der Waals surface area contributed by atoms with Gasteiger partial charge in [0.2, 0.25) is 0 Å². The summed E-state index contributed by atoms with van der Waals surface area (Å²) in [7, 11) is 0. The van der Waals surface area contributed by atoms with Gasteiger partial charge >= 0.3 is 5.97 Å². The molecule has 0 atom stereocenters. The molecule has 1 aliphatic carbocycles. The first-order chi connectivity index (χ1) is 6.59. The average molecular weight is 193 g/mol. The minimum Gasteiger partial charge on any atom is -0.478 e. The van der Waals surface area contributed by atoms with E-state index in [1.807, 2.05) is 0 Å². The molecule has 0 amide bonds. The number of aromatic nitrogens is 1. The van der Waals surface area contributed by atoms with E-state index in [-0.39, 0.29) is 17.2 Å². The van der Waals surface area contributed by atoms with Crippen molar-refractivity contribution < 1.29 is 9.90 Å². The number of rotatable bonds is 2. The summed E-state index contributed by atoms with van der Waals surface area (Å²) >= 11 is 0. The number of carboxylic acids is 1. The van der Waals surface area contributed by atoms with E-state index in [1.165, 1.54) is 12.3 Å². The number of hydrogen-bond donors (Lipinski definition) is 1. The van der Waals surface area contributed by atoms with Gasteiger partial charge in [0.15, 0.2) is 0 Å². The smallest absolute Gasteiger partial charge is 0.337 e. The van der Waals surface area contributed by atoms with E-state index in [2.05, 4.69) is 0 Å². The molecule has 1 aromatic heterocycles. The average Bonchev–Trinajstić information content (AvgIpc) is 2.92. The van der Waals surface area contributed by atoms with Crippen LogP contribution >= 0.6 is 0 Å². The maximum Gasteiger partial charge on any atom is 0.337 e. The van der Waals surface area contributed by atoms with E-state index in [0.29, 0.717) is 5.56 Å². The van der Waals surface area contributed by atoms with E-state index in [1.54, 1.807) is 11.5 Å². The predicted octanol–water partition coefficient (Wildman–Crippen LogP) is 1.19. The molecule has 0 bridgehead atoms. The lowest BCUT2D eigenvalue weighted by molar-refractivity contribution is 0.0695. The highest BCUT2D eigenvalue weighted by molar-refractivity contribution is 5.87. The third kappa shape index (κ3) is 1.43. The van der Waals surface area contributed by atoms with Crippen molar-refractivity contribution in [2.75, 3.05) is 0 Å². The molecule has 1 aliphatic rings. The zero-order valence-electron chi connectivity index (χ0n) is 7.86. The quantitative estimate of drug-likeness (QED) is 0.767. The van der Waals surface area contributed by atoms with Crippen LogP contribution in [0.2, 0.25) is 0 Å². The largest absolute Gasteiger partial charge is 0.478 e. The van der Waals surface area contributed by atoms with Crippen molar-refractivity contribution in [1.82, 2.24) is 4.57 Å². The standard InChI is InChI=1S/C10H11NO3/c1-6-4-7(10(13)14)5-11(9(6)12)8-2-3-8/h4-5,8H,2-3H2,1H3,(H,13,14). The van der Waals surface area contributed by atoms with Gasteiger partial charge in [0.1, 0.15) is 0 Å². The first-order valence-corrected chi connectivity index (χ1v) is 4.55. The van der Waals surface area contributed by atoms with Gasteiger partial charge in [-0.25, -0.2) is 4.79 Å². The molecule has 14 heavy (non-hydrogen) atoms. The fourth-order valence-corrected chi connectivity index (χ4v) is 1.49. The van der Waals surface area contributed by atoms with Crippen LogP contribution in [-0.2, 0) is 0 Å². The first-order valence-electron chi connectivity index (χ1n) is 4.55. The molecular weight excluding hydrogens is 182 g/mol. The van der Waals surface area contributed by atoms with Gasteiger partial charge in [-0.05, 0) is 25.8 Å². The molecule has 4 heteroatoms. The summed E-state index contributed by atoms with van der Waals surface area (Å²) in [4.78, 5) is 22.3. The Morgan fingerprint density at radius 3 is 2.71 bits per heavy atom. The Hall–Kier alpha value is -1.58. The van der Waals surface area contributed by atoms with E-state index >= 15 is 0 Å². The molecule has 1 fully saturated rings. The van der Waals surface area contributed by atoms with Gasteiger partial charge in [0.05, 0.1) is 5.56 Å². The molecule has 4 nitrogen and oxygen atoms in total. The van der Waals surface area contributed by atoms with Crippen molar-refractivity contribution in [3.63, 3.8) is 0 Å². The van der Waals surface area contributed by atoms with Crippen LogP contribution in [0.3, 0.4) is 0 Å². The second kappa shape index (κ2) is 2.97. The molecule has 0 aliphatic heterocycles. The third-order valence-electron chi connectivity index (χ3n) is 2.41. The highest BCUT2D eigenvalue weighted by atomic mass is 16.4. The van der Waals surface area contributed by atoms with Crippen LogP contribution in [0.25, 0.3) is 0 Å². The lowest BCUT2D eigenvalue weighted by Gasteiger charge is -2.05. The monoisotopic (exact) mass is 193 g/mol. The Bertz CT molecular complexity index is 443. The van der Waals surface area contributed by atoms with E-state index in [0.717, 1.165) is 12.8 Å². The summed E-state index contributed by atoms with van der Waals surface area (Å²) < 4.78 is 1.54. The lowest BCUT2D eigenvalue weighted by Crippen LogP contribution is -2.22. The second-order valence-corrected chi connectivity index (χ2v) is 3.66. The molecule has 0 unspecified atom stereocenters. The van der Waals surface area contributed by atoms with E-state index in [9.17, 15) is 9.59 Å². The summed E-state index contributed by atoms with van der Waals surface area (Å²) in [6, 6.07) is 1.64. The minimum absolute atomic E-state index is 0.0718. The van der Waals surface area contributed by atoms with Gasteiger partial charge in [-0.3, -0.25) is 4.79 Å². The molecule has 1 N–H and O–H groups in total. The number of nitrogens with zero attached hydrogens (tertiary/aromatic N) is 1. The van der Waals surface area contributed by atoms with Crippen LogP contribution in [0.1, 0.15) is 34.8 Å². The molecule has 2 rings (SSSR count). The van der Waals surface area contributed by atoms with Crippen LogP contribution in [-0.4, -0.2) is 15.6 Å². The molecule has 1 aromatic rings. The molecule has 0 spiro atoms. The fourth-order valence-electron chi connectivity index (χ4n) is 1.49. The Kier molecular flexibility index (Phi) is 1.91. The SMILES string of the molecule is Cc1cc(C(=O)O)cn(C2CC2)c1=O. The highest BCUT2D eigenvalue weighted by Gasteiger charge is 2.25. The van der Waals surface area contributed by atoms with Crippen LogP contribution in [0.4, 0.5) is 0 Å². The Balaban J connectivity index is 2.57. The zero-order chi connectivity index (χ0) is 10.3. The Labute approximate surface area is 80.8 Å². The van der Waals surface area contributed by atoms with Crippen molar-refractivity contribution in [2.45, 2.75) is 25.8 Å². The van der Waals surface area contributed by atoms with Gasteiger partial charge in [0, 0.05) is 17.8 Å². The number of aromatic carboxylic acids is 1. The van der Waals surface area contributed by atoms with Crippen LogP contribution in [0.15, 0.2) is 17.1 Å². The molecule has 0 radical (unpaired) electrons. The van der Waals surface area contributed by atoms with Crippen LogP contribution in [0.5, 0.6) is 0 Å². The molecule has 0 aromatic carbocycles. The molecule has 1 saturated carbocycles. The first kappa shape index (κ1) is 8.99. The summed E-state index contributed by atoms with van der Waals surface area (Å²) in [6.07, 6.45) is 3.39. The maximum atomic E-state index is 11.6. The second-order valence-electron chi connectivity index (χ2n) is 3.66. The normalized spacial score (nSPS) is 15.5. The number of aryl methyl sites for hydroxylation is 1. The Morgan fingerprint density at radius 2 is 2.21 bits per heavy atom. The summed E-state index contributed by atoms with van der Waals surface area (Å²) in [5.74, 6) is -0.984. The summed E-state index contributed by atoms with van der Waals surface area (Å²) in [6.45, 7) is 1.65. The maximum absolute atomic E-state index is 11.6. The molecule has 0 saturated heterocycles. The lowest BCUT2D eigenvalue weighted by atomic mass is 10.2. The van der Waals surface area contributed by atoms with Gasteiger partial charge < -0.3 is 9.67 Å². The zero-order valence-corrected chi connectivity index (χ0v) is 7.86. The summed E-state index contributed by atoms with van der Waals surface area (Å²) in [5.41, 5.74) is 0.614. The molecule has 1 heterocycles. The topological polar surface area (TPSA) is 59.3 Å². The number of carbonyl (C=O) groups is 1. The van der Waals surface area contributed by atoms with Crippen molar-refractivity contribution >= 4 is 5.97 Å². The number of hydrogen-bond acceptors (Lipinski definition) is 2. The molecule has 74 valence electrons. The van der Waals surface area contributed by atoms with Crippen molar-refractivity contribution in [3.8, 4) is 0 Å². The Morgan fingerprint density at radius 1 is 1.57 bits per heavy atom. The predicted molar refractivity (Wildman–Crippen MR) is 50.7 cm³/mol. The summed E-state index contributed by atoms with van der Waals surface area (Å²) in [5, 5.41) is 8.81. The van der Waals surface area contributed by atoms with Gasteiger partial charge in [-0.15, -0.1) is 0 Å². The highest BCUT2D eigenvalue weighted by Crippen LogP contribution is 2.33. The third-order valence-corrected chi connectivity index (χ3v) is 2.41. The van der Waals surface area contributed by atoms with Gasteiger partial charge in [-0.1, -0.05) is 0 Å². The van der Waals surface area contributed by atoms with Crippen molar-refractivity contribution in [1.29, 1.82) is 0 Å². The van der Waals surface area contributed by atoms with Gasteiger partial charge in [0.25, 0.3) is 5.56 Å².